The highest BCUT2D eigenvalue weighted by atomic mass is 35.5. The van der Waals surface area contributed by atoms with Gasteiger partial charge in [-0.05, 0) is 30.7 Å². The van der Waals surface area contributed by atoms with Gasteiger partial charge in [0.05, 0.1) is 0 Å². The van der Waals surface area contributed by atoms with Crippen molar-refractivity contribution in [1.82, 2.24) is 20.6 Å². The molecule has 0 bridgehead atoms. The number of pyridine rings is 1. The minimum Gasteiger partial charge on any atom is -0.306 e. The maximum atomic E-state index is 11.7. The predicted octanol–water partition coefficient (Wildman–Crippen LogP) is 1.01. The molecule has 1 heterocycles. The highest BCUT2D eigenvalue weighted by molar-refractivity contribution is 7.89. The molecule has 0 aliphatic rings. The van der Waals surface area contributed by atoms with Gasteiger partial charge in [-0.15, -0.1) is 4.83 Å². The van der Waals surface area contributed by atoms with Crippen molar-refractivity contribution in [1.29, 1.82) is 0 Å². The maximum Gasteiger partial charge on any atom is 0.241 e. The Morgan fingerprint density at radius 1 is 1.33 bits per heavy atom. The number of nitrogens with zero attached hydrogens (tertiary/aromatic N) is 1. The smallest absolute Gasteiger partial charge is 0.241 e. The average molecular weight is 355 g/mol. The molecule has 0 saturated carbocycles. The van der Waals surface area contributed by atoms with Gasteiger partial charge in [-0.1, -0.05) is 30.1 Å². The third-order valence-corrected chi connectivity index (χ3v) is 4.00. The number of rotatable bonds is 7. The third-order valence-electron chi connectivity index (χ3n) is 2.53. The van der Waals surface area contributed by atoms with E-state index in [1.807, 2.05) is 4.83 Å². The lowest BCUT2D eigenvalue weighted by molar-refractivity contribution is -0.121. The van der Waals surface area contributed by atoms with Crippen LogP contribution in [-0.2, 0) is 14.8 Å². The lowest BCUT2D eigenvalue weighted by Crippen LogP contribution is -2.44. The molecule has 0 aliphatic carbocycles. The van der Waals surface area contributed by atoms with Gasteiger partial charge < -0.3 is 5.32 Å². The summed E-state index contributed by atoms with van der Waals surface area (Å²) in [6.45, 7) is 1.80. The van der Waals surface area contributed by atoms with Crippen molar-refractivity contribution in [2.75, 3.05) is 12.9 Å². The number of carbonyl (C=O) groups excluding carboxylic acids is 1. The van der Waals surface area contributed by atoms with Crippen LogP contribution in [0.25, 0.3) is 0 Å². The van der Waals surface area contributed by atoms with Crippen LogP contribution < -0.4 is 15.6 Å². The molecule has 0 spiro atoms. The van der Waals surface area contributed by atoms with Gasteiger partial charge in [0.15, 0.2) is 0 Å². The molecular weight excluding hydrogens is 339 g/mol. The van der Waals surface area contributed by atoms with Gasteiger partial charge >= 0.3 is 0 Å². The van der Waals surface area contributed by atoms with Crippen LogP contribution >= 0.6 is 23.2 Å². The SMILES string of the molecule is CNCS(=O)(=O)NNC(=O)C[C@H](C)c1cc(Cl)nc(Cl)c1. The van der Waals surface area contributed by atoms with E-state index in [2.05, 4.69) is 15.7 Å². The number of sulfonamides is 1. The molecule has 7 nitrogen and oxygen atoms in total. The Balaban J connectivity index is 2.58. The zero-order chi connectivity index (χ0) is 16.0. The molecule has 1 amide bonds. The second-order valence-electron chi connectivity index (χ2n) is 4.41. The zero-order valence-corrected chi connectivity index (χ0v) is 13.8. The van der Waals surface area contributed by atoms with E-state index in [-0.39, 0.29) is 28.5 Å². The van der Waals surface area contributed by atoms with Gasteiger partial charge in [0, 0.05) is 6.42 Å². The predicted molar refractivity (Wildman–Crippen MR) is 81.4 cm³/mol. The van der Waals surface area contributed by atoms with Gasteiger partial charge in [0.1, 0.15) is 16.2 Å². The summed E-state index contributed by atoms with van der Waals surface area (Å²) in [5.74, 6) is -0.957. The molecular formula is C11H16Cl2N4O3S. The van der Waals surface area contributed by atoms with Gasteiger partial charge in [0.2, 0.25) is 15.9 Å². The molecule has 0 unspecified atom stereocenters. The summed E-state index contributed by atoms with van der Waals surface area (Å²) in [6, 6.07) is 3.22. The quantitative estimate of drug-likeness (QED) is 0.501. The number of hydrogen-bond donors (Lipinski definition) is 3. The fourth-order valence-corrected chi connectivity index (χ4v) is 2.77. The highest BCUT2D eigenvalue weighted by Gasteiger charge is 2.15. The Bertz CT molecular complexity index is 589. The molecule has 0 radical (unpaired) electrons. The van der Waals surface area contributed by atoms with Crippen molar-refractivity contribution >= 4 is 39.1 Å². The Hall–Kier alpha value is -0.930. The van der Waals surface area contributed by atoms with Crippen LogP contribution in [0.15, 0.2) is 12.1 Å². The van der Waals surface area contributed by atoms with Crippen LogP contribution in [-0.4, -0.2) is 32.2 Å². The van der Waals surface area contributed by atoms with Crippen molar-refractivity contribution in [2.24, 2.45) is 0 Å². The van der Waals surface area contributed by atoms with Crippen molar-refractivity contribution in [3.05, 3.63) is 28.0 Å². The van der Waals surface area contributed by atoms with E-state index >= 15 is 0 Å². The molecule has 1 aromatic heterocycles. The Labute approximate surface area is 133 Å². The minimum absolute atomic E-state index is 0.0682. The fourth-order valence-electron chi connectivity index (χ4n) is 1.58. The van der Waals surface area contributed by atoms with Gasteiger partial charge in [-0.3, -0.25) is 10.2 Å². The average Bonchev–Trinajstić information content (AvgIpc) is 2.35. The van der Waals surface area contributed by atoms with E-state index in [1.165, 1.54) is 7.05 Å². The number of hydrogen-bond acceptors (Lipinski definition) is 5. The first-order chi connectivity index (χ1) is 9.73. The Morgan fingerprint density at radius 2 is 1.90 bits per heavy atom. The van der Waals surface area contributed by atoms with Crippen molar-refractivity contribution in [3.8, 4) is 0 Å². The van der Waals surface area contributed by atoms with Gasteiger partial charge in [-0.25, -0.2) is 13.4 Å². The van der Waals surface area contributed by atoms with Crippen LogP contribution in [0.5, 0.6) is 0 Å². The van der Waals surface area contributed by atoms with E-state index in [9.17, 15) is 13.2 Å². The molecule has 1 atom stereocenters. The second kappa shape index (κ2) is 7.90. The molecule has 1 rings (SSSR count). The van der Waals surface area contributed by atoms with Crippen LogP contribution in [0, 0.1) is 0 Å². The third kappa shape index (κ3) is 6.58. The summed E-state index contributed by atoms with van der Waals surface area (Å²) in [5.41, 5.74) is 2.88. The molecule has 0 aliphatic heterocycles. The zero-order valence-electron chi connectivity index (χ0n) is 11.5. The van der Waals surface area contributed by atoms with Gasteiger partial charge in [0.25, 0.3) is 0 Å². The second-order valence-corrected chi connectivity index (χ2v) is 6.91. The summed E-state index contributed by atoms with van der Waals surface area (Å²) < 4.78 is 22.7. The van der Waals surface area contributed by atoms with Crippen molar-refractivity contribution < 1.29 is 13.2 Å². The lowest BCUT2D eigenvalue weighted by atomic mass is 9.99. The standard InChI is InChI=1S/C11H16Cl2N4O3S/c1-7(8-4-9(12)15-10(13)5-8)3-11(18)16-17-21(19,20)6-14-2/h4-5,7,14,17H,3,6H2,1-2H3,(H,16,18)/t7-/m0/s1. The Morgan fingerprint density at radius 3 is 2.43 bits per heavy atom. The molecule has 118 valence electrons. The topological polar surface area (TPSA) is 100 Å². The van der Waals surface area contributed by atoms with E-state index in [0.29, 0.717) is 0 Å². The fraction of sp³-hybridized carbons (Fsp3) is 0.455. The molecule has 0 aromatic carbocycles. The normalized spacial score (nSPS) is 13.0. The molecule has 3 N–H and O–H groups in total. The number of halogens is 2. The summed E-state index contributed by atoms with van der Waals surface area (Å²) in [7, 11) is -2.10. The molecule has 21 heavy (non-hydrogen) atoms. The molecule has 1 aromatic rings. The monoisotopic (exact) mass is 354 g/mol. The van der Waals surface area contributed by atoms with Crippen LogP contribution in [0.4, 0.5) is 0 Å². The molecule has 0 saturated heterocycles. The Kier molecular flexibility index (Phi) is 6.82. The lowest BCUT2D eigenvalue weighted by Gasteiger charge is -2.13. The van der Waals surface area contributed by atoms with Gasteiger partial charge in [-0.2, -0.15) is 0 Å². The summed E-state index contributed by atoms with van der Waals surface area (Å²) in [5, 5.41) is 2.94. The first-order valence-corrected chi connectivity index (χ1v) is 8.40. The molecule has 0 fully saturated rings. The van der Waals surface area contributed by atoms with Crippen LogP contribution in [0.2, 0.25) is 10.3 Å². The van der Waals surface area contributed by atoms with Crippen LogP contribution in [0.1, 0.15) is 24.8 Å². The number of hydrazine groups is 1. The van der Waals surface area contributed by atoms with E-state index < -0.39 is 15.9 Å². The number of nitrogens with one attached hydrogen (secondary N) is 3. The summed E-state index contributed by atoms with van der Waals surface area (Å²) >= 11 is 11.6. The highest BCUT2D eigenvalue weighted by Crippen LogP contribution is 2.24. The van der Waals surface area contributed by atoms with E-state index in [4.69, 9.17) is 23.2 Å². The first kappa shape index (κ1) is 18.1. The van der Waals surface area contributed by atoms with Crippen LogP contribution in [0.3, 0.4) is 0 Å². The number of carbonyl (C=O) groups is 1. The number of aromatic nitrogens is 1. The minimum atomic E-state index is -3.59. The number of amides is 1. The van der Waals surface area contributed by atoms with Crippen molar-refractivity contribution in [2.45, 2.75) is 19.3 Å². The maximum absolute atomic E-state index is 11.7. The first-order valence-electron chi connectivity index (χ1n) is 5.99. The molecule has 10 heteroatoms. The largest absolute Gasteiger partial charge is 0.306 e. The van der Waals surface area contributed by atoms with Crippen molar-refractivity contribution in [3.63, 3.8) is 0 Å². The summed E-state index contributed by atoms with van der Waals surface area (Å²) in [6.07, 6.45) is 0.0682. The summed E-state index contributed by atoms with van der Waals surface area (Å²) in [4.78, 5) is 17.5. The van der Waals surface area contributed by atoms with E-state index in [0.717, 1.165) is 5.56 Å². The van der Waals surface area contributed by atoms with E-state index in [1.54, 1.807) is 19.1 Å².